The number of furan rings is 1. The molecule has 6 nitrogen and oxygen atoms in total. The van der Waals surface area contributed by atoms with Crippen molar-refractivity contribution in [2.45, 2.75) is 33.9 Å². The molecule has 32 heavy (non-hydrogen) atoms. The molecule has 0 fully saturated rings. The number of carbonyl (C=O) groups is 1. The Bertz CT molecular complexity index is 1260. The number of aromatic nitrogens is 2. The number of hydrogen-bond acceptors (Lipinski definition) is 4. The molecule has 0 atom stereocenters. The van der Waals surface area contributed by atoms with Crippen LogP contribution in [0.1, 0.15) is 38.8 Å². The van der Waals surface area contributed by atoms with Crippen LogP contribution in [0, 0.1) is 20.8 Å². The maximum Gasteiger partial charge on any atom is 0.291 e. The zero-order valence-corrected chi connectivity index (χ0v) is 19.8. The highest BCUT2D eigenvalue weighted by Gasteiger charge is 2.18. The van der Waals surface area contributed by atoms with Crippen LogP contribution in [0.5, 0.6) is 5.75 Å². The van der Waals surface area contributed by atoms with E-state index in [-0.39, 0.29) is 18.3 Å². The van der Waals surface area contributed by atoms with Gasteiger partial charge >= 0.3 is 0 Å². The number of rotatable bonds is 7. The minimum Gasteiger partial charge on any atom is -0.484 e. The minimum atomic E-state index is -0.321. The van der Waals surface area contributed by atoms with Gasteiger partial charge in [0.15, 0.2) is 5.76 Å². The number of nitrogens with one attached hydrogen (secondary N) is 1. The van der Waals surface area contributed by atoms with Gasteiger partial charge in [-0.1, -0.05) is 36.4 Å². The Balaban J connectivity index is 1.44. The Morgan fingerprint density at radius 1 is 1.06 bits per heavy atom. The van der Waals surface area contributed by atoms with Crippen LogP contribution in [0.2, 0.25) is 0 Å². The summed E-state index contributed by atoms with van der Waals surface area (Å²) < 4.78 is 14.2. The molecule has 1 amide bonds. The van der Waals surface area contributed by atoms with Crippen LogP contribution >= 0.6 is 15.9 Å². The lowest BCUT2D eigenvalue weighted by Gasteiger charge is -2.08. The van der Waals surface area contributed by atoms with Gasteiger partial charge in [0.2, 0.25) is 0 Å². The first-order chi connectivity index (χ1) is 15.4. The number of aryl methyl sites for hydroxylation is 2. The molecule has 7 heteroatoms. The fourth-order valence-corrected chi connectivity index (χ4v) is 3.84. The van der Waals surface area contributed by atoms with E-state index in [0.717, 1.165) is 15.9 Å². The van der Waals surface area contributed by atoms with E-state index in [4.69, 9.17) is 9.15 Å². The minimum absolute atomic E-state index is 0.223. The first kappa shape index (κ1) is 21.9. The number of anilines is 1. The molecule has 164 valence electrons. The summed E-state index contributed by atoms with van der Waals surface area (Å²) in [7, 11) is 0. The maximum atomic E-state index is 12.8. The Morgan fingerprint density at radius 3 is 2.59 bits per heavy atom. The molecule has 4 rings (SSSR count). The fourth-order valence-electron chi connectivity index (χ4n) is 3.44. The molecule has 0 aliphatic carbocycles. The molecule has 0 saturated carbocycles. The SMILES string of the molecule is Cc1ccccc1Cn1nc(C)c(NC(=O)c2ccc(COc3ccccc3Br)o2)c1C. The van der Waals surface area contributed by atoms with Crippen molar-refractivity contribution in [3.63, 3.8) is 0 Å². The zero-order chi connectivity index (χ0) is 22.7. The Morgan fingerprint density at radius 2 is 1.81 bits per heavy atom. The van der Waals surface area contributed by atoms with Crippen molar-refractivity contribution in [2.75, 3.05) is 5.32 Å². The predicted molar refractivity (Wildman–Crippen MR) is 127 cm³/mol. The molecule has 2 aromatic carbocycles. The number of ether oxygens (including phenoxy) is 1. The Kier molecular flexibility index (Phi) is 6.46. The summed E-state index contributed by atoms with van der Waals surface area (Å²) in [6.07, 6.45) is 0. The molecule has 0 unspecified atom stereocenters. The highest BCUT2D eigenvalue weighted by Crippen LogP contribution is 2.26. The lowest BCUT2D eigenvalue weighted by atomic mass is 10.1. The number of carbonyl (C=O) groups excluding carboxylic acids is 1. The number of hydrogen-bond donors (Lipinski definition) is 1. The first-order valence-corrected chi connectivity index (χ1v) is 11.1. The average molecular weight is 494 g/mol. The van der Waals surface area contributed by atoms with Crippen LogP contribution in [0.15, 0.2) is 69.6 Å². The highest BCUT2D eigenvalue weighted by molar-refractivity contribution is 9.10. The van der Waals surface area contributed by atoms with Gasteiger partial charge in [0.25, 0.3) is 5.91 Å². The summed E-state index contributed by atoms with van der Waals surface area (Å²) in [6.45, 7) is 6.79. The largest absolute Gasteiger partial charge is 0.484 e. The van der Waals surface area contributed by atoms with E-state index in [1.807, 2.05) is 54.9 Å². The van der Waals surface area contributed by atoms with Crippen molar-refractivity contribution in [1.29, 1.82) is 0 Å². The van der Waals surface area contributed by atoms with E-state index in [1.165, 1.54) is 11.1 Å². The van der Waals surface area contributed by atoms with E-state index in [1.54, 1.807) is 12.1 Å². The van der Waals surface area contributed by atoms with Crippen molar-refractivity contribution < 1.29 is 13.9 Å². The molecular formula is C25H24BrN3O3. The maximum absolute atomic E-state index is 12.8. The van der Waals surface area contributed by atoms with Crippen LogP contribution < -0.4 is 10.1 Å². The van der Waals surface area contributed by atoms with Gasteiger partial charge in [-0.15, -0.1) is 0 Å². The monoisotopic (exact) mass is 493 g/mol. The standard InChI is InChI=1S/C25H24BrN3O3/c1-16-8-4-5-9-19(16)14-29-18(3)24(17(2)28-29)27-25(30)23-13-12-20(32-23)15-31-22-11-7-6-10-21(22)26/h4-13H,14-15H2,1-3H3,(H,27,30). The van der Waals surface area contributed by atoms with Crippen LogP contribution in [-0.2, 0) is 13.2 Å². The van der Waals surface area contributed by atoms with Crippen LogP contribution in [-0.4, -0.2) is 15.7 Å². The molecule has 0 radical (unpaired) electrons. The Labute approximate surface area is 195 Å². The smallest absolute Gasteiger partial charge is 0.291 e. The lowest BCUT2D eigenvalue weighted by Crippen LogP contribution is -2.12. The number of halogens is 1. The number of para-hydroxylation sites is 1. The van der Waals surface area contributed by atoms with Gasteiger partial charge in [0, 0.05) is 0 Å². The molecule has 2 heterocycles. The number of amides is 1. The van der Waals surface area contributed by atoms with Crippen molar-refractivity contribution in [3.05, 3.63) is 99.2 Å². The molecule has 1 N–H and O–H groups in total. The van der Waals surface area contributed by atoms with E-state index in [2.05, 4.69) is 45.4 Å². The molecule has 0 saturated heterocycles. The molecule has 0 aliphatic rings. The second-order valence-electron chi connectivity index (χ2n) is 7.57. The molecule has 0 bridgehead atoms. The van der Waals surface area contributed by atoms with E-state index in [0.29, 0.717) is 23.7 Å². The van der Waals surface area contributed by atoms with Crippen molar-refractivity contribution >= 4 is 27.5 Å². The quantitative estimate of drug-likeness (QED) is 0.340. The van der Waals surface area contributed by atoms with Gasteiger partial charge < -0.3 is 14.5 Å². The van der Waals surface area contributed by atoms with E-state index >= 15 is 0 Å². The van der Waals surface area contributed by atoms with Crippen LogP contribution in [0.3, 0.4) is 0 Å². The molecule has 2 aromatic heterocycles. The summed E-state index contributed by atoms with van der Waals surface area (Å²) in [5, 5.41) is 7.56. The second kappa shape index (κ2) is 9.44. The summed E-state index contributed by atoms with van der Waals surface area (Å²) >= 11 is 3.45. The topological polar surface area (TPSA) is 69.3 Å². The van der Waals surface area contributed by atoms with Gasteiger partial charge in [-0.3, -0.25) is 9.48 Å². The third kappa shape index (κ3) is 4.78. The summed E-state index contributed by atoms with van der Waals surface area (Å²) in [5.41, 5.74) is 4.75. The molecular weight excluding hydrogens is 470 g/mol. The van der Waals surface area contributed by atoms with Gasteiger partial charge in [-0.05, 0) is 72.1 Å². The molecule has 0 aliphatic heterocycles. The Hall–Kier alpha value is -3.32. The van der Waals surface area contributed by atoms with Crippen molar-refractivity contribution in [3.8, 4) is 5.75 Å². The molecule has 4 aromatic rings. The summed E-state index contributed by atoms with van der Waals surface area (Å²) in [4.78, 5) is 12.8. The van der Waals surface area contributed by atoms with Gasteiger partial charge in [0.1, 0.15) is 18.1 Å². The average Bonchev–Trinajstić information content (AvgIpc) is 3.35. The number of nitrogens with zero attached hydrogens (tertiary/aromatic N) is 2. The van der Waals surface area contributed by atoms with Crippen LogP contribution in [0.4, 0.5) is 5.69 Å². The van der Waals surface area contributed by atoms with E-state index in [9.17, 15) is 4.79 Å². The zero-order valence-electron chi connectivity index (χ0n) is 18.2. The normalized spacial score (nSPS) is 10.9. The van der Waals surface area contributed by atoms with E-state index < -0.39 is 0 Å². The van der Waals surface area contributed by atoms with Gasteiger partial charge in [0.05, 0.1) is 28.1 Å². The van der Waals surface area contributed by atoms with Crippen molar-refractivity contribution in [1.82, 2.24) is 9.78 Å². The third-order valence-corrected chi connectivity index (χ3v) is 5.95. The van der Waals surface area contributed by atoms with Crippen molar-refractivity contribution in [2.24, 2.45) is 0 Å². The molecule has 0 spiro atoms. The fraction of sp³-hybridized carbons (Fsp3) is 0.200. The number of benzene rings is 2. The van der Waals surface area contributed by atoms with Crippen LogP contribution in [0.25, 0.3) is 0 Å². The lowest BCUT2D eigenvalue weighted by molar-refractivity contribution is 0.0992. The highest BCUT2D eigenvalue weighted by atomic mass is 79.9. The summed E-state index contributed by atoms with van der Waals surface area (Å²) in [6, 6.07) is 19.2. The van der Waals surface area contributed by atoms with Gasteiger partial charge in [-0.25, -0.2) is 0 Å². The summed E-state index contributed by atoms with van der Waals surface area (Å²) in [5.74, 6) is 1.18. The first-order valence-electron chi connectivity index (χ1n) is 10.3. The van der Waals surface area contributed by atoms with Gasteiger partial charge in [-0.2, -0.15) is 5.10 Å². The third-order valence-electron chi connectivity index (χ3n) is 5.29. The second-order valence-corrected chi connectivity index (χ2v) is 8.42. The predicted octanol–water partition coefficient (Wildman–Crippen LogP) is 6.04.